The molecule has 0 atom stereocenters. The van der Waals surface area contributed by atoms with Crippen molar-refractivity contribution in [1.29, 1.82) is 0 Å². The van der Waals surface area contributed by atoms with Gasteiger partial charge >= 0.3 is 0 Å². The van der Waals surface area contributed by atoms with Crippen LogP contribution in [0.15, 0.2) is 107 Å². The normalized spacial score (nSPS) is 11.9. The van der Waals surface area contributed by atoms with Crippen LogP contribution in [-0.4, -0.2) is 5.11 Å². The van der Waals surface area contributed by atoms with E-state index in [1.807, 2.05) is 48.5 Å². The third-order valence-corrected chi connectivity index (χ3v) is 7.20. The number of benzene rings is 4. The van der Waals surface area contributed by atoms with Crippen LogP contribution in [0.25, 0.3) is 0 Å². The molecule has 4 aromatic carbocycles. The highest BCUT2D eigenvalue weighted by Crippen LogP contribution is 2.35. The molecule has 2 nitrogen and oxygen atoms in total. The van der Waals surface area contributed by atoms with Gasteiger partial charge < -0.3 is 9.84 Å². The fourth-order valence-corrected chi connectivity index (χ4v) is 4.67. The lowest BCUT2D eigenvalue weighted by molar-refractivity contribution is 0.475. The zero-order chi connectivity index (χ0) is 24.3. The van der Waals surface area contributed by atoms with Gasteiger partial charge in [-0.05, 0) is 82.8 Å². The van der Waals surface area contributed by atoms with Crippen molar-refractivity contribution in [3.05, 3.63) is 114 Å². The molecule has 0 heterocycles. The second kappa shape index (κ2) is 9.60. The average molecular weight is 469 g/mol. The summed E-state index contributed by atoms with van der Waals surface area (Å²) in [6.07, 6.45) is 0. The minimum atomic E-state index is -0.0952. The van der Waals surface area contributed by atoms with Gasteiger partial charge in [0.1, 0.15) is 17.2 Å². The SMILES string of the molecule is CC(C)(C)c1ccc(C(C)(C)c2ccc(Oc3ccc(Sc4ccc(O)cc4)cc3)cc2)cc1. The summed E-state index contributed by atoms with van der Waals surface area (Å²) in [5, 5.41) is 9.43. The van der Waals surface area contributed by atoms with Gasteiger partial charge in [0.25, 0.3) is 0 Å². The lowest BCUT2D eigenvalue weighted by Gasteiger charge is -2.28. The van der Waals surface area contributed by atoms with E-state index in [9.17, 15) is 5.11 Å². The standard InChI is InChI=1S/C31H32O2S/c1-30(2,3)22-6-8-23(9-7-22)31(4,5)24-10-14-26(15-11-24)33-27-16-20-29(21-17-27)34-28-18-12-25(32)13-19-28/h6-21,32H,1-5H3. The molecule has 4 rings (SSSR count). The van der Waals surface area contributed by atoms with Gasteiger partial charge in [0.15, 0.2) is 0 Å². The first kappa shape index (κ1) is 24.0. The van der Waals surface area contributed by atoms with Crippen LogP contribution in [0, 0.1) is 0 Å². The van der Waals surface area contributed by atoms with Crippen molar-refractivity contribution < 1.29 is 9.84 Å². The fraction of sp³-hybridized carbons (Fsp3) is 0.226. The molecule has 0 fully saturated rings. The highest BCUT2D eigenvalue weighted by atomic mass is 32.2. The molecule has 0 amide bonds. The highest BCUT2D eigenvalue weighted by molar-refractivity contribution is 7.99. The molecule has 0 aliphatic heterocycles. The Kier molecular flexibility index (Phi) is 6.77. The van der Waals surface area contributed by atoms with Crippen molar-refractivity contribution in [2.45, 2.75) is 55.2 Å². The summed E-state index contributed by atoms with van der Waals surface area (Å²) in [7, 11) is 0. The molecule has 0 unspecified atom stereocenters. The van der Waals surface area contributed by atoms with Crippen LogP contribution in [0.4, 0.5) is 0 Å². The average Bonchev–Trinajstić information content (AvgIpc) is 2.82. The summed E-state index contributed by atoms with van der Waals surface area (Å²) in [5.41, 5.74) is 3.97. The number of phenolic OH excluding ortho intramolecular Hbond substituents is 1. The smallest absolute Gasteiger partial charge is 0.127 e. The van der Waals surface area contributed by atoms with Crippen molar-refractivity contribution in [2.24, 2.45) is 0 Å². The van der Waals surface area contributed by atoms with E-state index < -0.39 is 0 Å². The van der Waals surface area contributed by atoms with Crippen LogP contribution in [0.3, 0.4) is 0 Å². The molecule has 4 aromatic rings. The van der Waals surface area contributed by atoms with Crippen LogP contribution >= 0.6 is 11.8 Å². The van der Waals surface area contributed by atoms with Gasteiger partial charge in [-0.2, -0.15) is 0 Å². The second-order valence-corrected chi connectivity index (χ2v) is 11.3. The van der Waals surface area contributed by atoms with Crippen molar-refractivity contribution in [3.63, 3.8) is 0 Å². The summed E-state index contributed by atoms with van der Waals surface area (Å²) in [5.74, 6) is 1.90. The van der Waals surface area contributed by atoms with Crippen LogP contribution in [0.5, 0.6) is 17.2 Å². The zero-order valence-corrected chi connectivity index (χ0v) is 21.3. The lowest BCUT2D eigenvalue weighted by Crippen LogP contribution is -2.19. The predicted molar refractivity (Wildman–Crippen MR) is 142 cm³/mol. The Morgan fingerprint density at radius 3 is 1.38 bits per heavy atom. The maximum Gasteiger partial charge on any atom is 0.127 e. The summed E-state index contributed by atoms with van der Waals surface area (Å²) in [4.78, 5) is 2.20. The Morgan fingerprint density at radius 1 is 0.529 bits per heavy atom. The summed E-state index contributed by atoms with van der Waals surface area (Å²) in [6.45, 7) is 11.3. The Bertz CT molecular complexity index is 1220. The third kappa shape index (κ3) is 5.66. The molecule has 0 aliphatic carbocycles. The minimum Gasteiger partial charge on any atom is -0.508 e. The largest absolute Gasteiger partial charge is 0.508 e. The summed E-state index contributed by atoms with van der Waals surface area (Å²) >= 11 is 1.65. The number of phenols is 1. The Balaban J connectivity index is 1.42. The molecule has 174 valence electrons. The van der Waals surface area contributed by atoms with Gasteiger partial charge in [-0.3, -0.25) is 0 Å². The molecule has 0 radical (unpaired) electrons. The quantitative estimate of drug-likeness (QED) is 0.306. The van der Waals surface area contributed by atoms with Gasteiger partial charge in [-0.15, -0.1) is 0 Å². The van der Waals surface area contributed by atoms with E-state index in [0.717, 1.165) is 21.3 Å². The van der Waals surface area contributed by atoms with Crippen molar-refractivity contribution in [2.75, 3.05) is 0 Å². The maximum atomic E-state index is 9.43. The molecule has 0 aliphatic rings. The fourth-order valence-electron chi connectivity index (χ4n) is 3.86. The highest BCUT2D eigenvalue weighted by Gasteiger charge is 2.24. The first-order valence-electron chi connectivity index (χ1n) is 11.6. The third-order valence-electron chi connectivity index (χ3n) is 6.18. The van der Waals surface area contributed by atoms with E-state index in [1.54, 1.807) is 23.9 Å². The van der Waals surface area contributed by atoms with Crippen LogP contribution in [0.2, 0.25) is 0 Å². The number of hydrogen-bond donors (Lipinski definition) is 1. The van der Waals surface area contributed by atoms with E-state index in [1.165, 1.54) is 16.7 Å². The van der Waals surface area contributed by atoms with E-state index in [4.69, 9.17) is 4.74 Å². The first-order chi connectivity index (χ1) is 16.1. The molecule has 0 bridgehead atoms. The van der Waals surface area contributed by atoms with Crippen molar-refractivity contribution in [1.82, 2.24) is 0 Å². The molecule has 34 heavy (non-hydrogen) atoms. The molecule has 0 saturated heterocycles. The Hall–Kier alpha value is -3.17. The van der Waals surface area contributed by atoms with Gasteiger partial charge in [0, 0.05) is 15.2 Å². The van der Waals surface area contributed by atoms with E-state index >= 15 is 0 Å². The number of rotatable bonds is 6. The van der Waals surface area contributed by atoms with Crippen molar-refractivity contribution >= 4 is 11.8 Å². The predicted octanol–water partition coefficient (Wildman–Crippen LogP) is 8.96. The summed E-state index contributed by atoms with van der Waals surface area (Å²) < 4.78 is 6.08. The van der Waals surface area contributed by atoms with E-state index in [2.05, 4.69) is 71.0 Å². The Labute approximate surface area is 207 Å². The maximum absolute atomic E-state index is 9.43. The van der Waals surface area contributed by atoms with Gasteiger partial charge in [-0.1, -0.05) is 82.8 Å². The first-order valence-corrected chi connectivity index (χ1v) is 12.4. The van der Waals surface area contributed by atoms with E-state index in [-0.39, 0.29) is 16.6 Å². The number of hydrogen-bond acceptors (Lipinski definition) is 3. The van der Waals surface area contributed by atoms with Gasteiger partial charge in [0.05, 0.1) is 0 Å². The van der Waals surface area contributed by atoms with Crippen LogP contribution < -0.4 is 4.74 Å². The number of aromatic hydroxyl groups is 1. The Morgan fingerprint density at radius 2 is 0.912 bits per heavy atom. The second-order valence-electron chi connectivity index (χ2n) is 10.1. The van der Waals surface area contributed by atoms with E-state index in [0.29, 0.717) is 0 Å². The minimum absolute atomic E-state index is 0.0952. The van der Waals surface area contributed by atoms with Crippen LogP contribution in [-0.2, 0) is 10.8 Å². The molecule has 0 saturated carbocycles. The topological polar surface area (TPSA) is 29.5 Å². The summed E-state index contributed by atoms with van der Waals surface area (Å²) in [6, 6.07) is 32.7. The molecule has 0 spiro atoms. The van der Waals surface area contributed by atoms with Gasteiger partial charge in [0.2, 0.25) is 0 Å². The van der Waals surface area contributed by atoms with Crippen LogP contribution in [0.1, 0.15) is 51.3 Å². The molecule has 3 heteroatoms. The zero-order valence-electron chi connectivity index (χ0n) is 20.5. The molecule has 0 aromatic heterocycles. The monoisotopic (exact) mass is 468 g/mol. The molecular formula is C31H32O2S. The lowest BCUT2D eigenvalue weighted by atomic mass is 9.77. The molecule has 1 N–H and O–H groups in total. The molecular weight excluding hydrogens is 436 g/mol. The number of ether oxygens (including phenoxy) is 1. The van der Waals surface area contributed by atoms with Crippen molar-refractivity contribution in [3.8, 4) is 17.2 Å². The van der Waals surface area contributed by atoms with Gasteiger partial charge in [-0.25, -0.2) is 0 Å².